The fraction of sp³-hybridized carbons (Fsp3) is 0. The van der Waals surface area contributed by atoms with E-state index < -0.39 is 12.9 Å². The second-order valence-corrected chi connectivity index (χ2v) is 3.21. The van der Waals surface area contributed by atoms with Crippen LogP contribution in [0.4, 0.5) is 4.39 Å². The van der Waals surface area contributed by atoms with Crippen molar-refractivity contribution in [3.63, 3.8) is 0 Å². The first-order valence-electron chi connectivity index (χ1n) is 4.47. The summed E-state index contributed by atoms with van der Waals surface area (Å²) >= 11 is 0. The number of rotatable bonds is 2. The molecule has 2 rings (SSSR count). The number of benzene rings is 1. The lowest BCUT2D eigenvalue weighted by Crippen LogP contribution is -2.30. The number of aromatic nitrogens is 1. The molecule has 5 heteroatoms. The highest BCUT2D eigenvalue weighted by Gasteiger charge is 2.13. The smallest absolute Gasteiger partial charge is 0.423 e. The zero-order valence-electron chi connectivity index (χ0n) is 7.84. The summed E-state index contributed by atoms with van der Waals surface area (Å²) in [6.07, 6.45) is 3.50. The monoisotopic (exact) mass is 205 g/mol. The summed E-state index contributed by atoms with van der Waals surface area (Å²) in [5, 5.41) is 17.9. The fourth-order valence-corrected chi connectivity index (χ4v) is 1.40. The maximum Gasteiger partial charge on any atom is 0.488 e. The van der Waals surface area contributed by atoms with Gasteiger partial charge in [-0.3, -0.25) is 0 Å². The molecule has 0 saturated heterocycles. The van der Waals surface area contributed by atoms with Crippen molar-refractivity contribution in [1.82, 2.24) is 4.57 Å². The summed E-state index contributed by atoms with van der Waals surface area (Å²) in [5.41, 5.74) is 0.696. The Hall–Kier alpha value is -1.59. The van der Waals surface area contributed by atoms with Gasteiger partial charge in [0.1, 0.15) is 5.82 Å². The van der Waals surface area contributed by atoms with Crippen molar-refractivity contribution in [3.05, 3.63) is 48.5 Å². The Labute approximate surface area is 86.6 Å². The molecule has 0 aliphatic heterocycles. The molecule has 15 heavy (non-hydrogen) atoms. The van der Waals surface area contributed by atoms with Crippen LogP contribution in [0.25, 0.3) is 5.69 Å². The van der Waals surface area contributed by atoms with E-state index in [1.165, 1.54) is 12.1 Å². The number of nitrogens with zero attached hydrogens (tertiary/aromatic N) is 1. The van der Waals surface area contributed by atoms with E-state index in [0.717, 1.165) is 6.07 Å². The van der Waals surface area contributed by atoms with Gasteiger partial charge in [0.15, 0.2) is 0 Å². The quantitative estimate of drug-likeness (QED) is 0.692. The van der Waals surface area contributed by atoms with Gasteiger partial charge in [0.05, 0.1) is 0 Å². The Kier molecular flexibility index (Phi) is 2.57. The van der Waals surface area contributed by atoms with Crippen molar-refractivity contribution in [3.8, 4) is 5.69 Å². The van der Waals surface area contributed by atoms with E-state index in [1.54, 1.807) is 29.1 Å². The molecule has 0 saturated carbocycles. The molecule has 0 unspecified atom stereocenters. The van der Waals surface area contributed by atoms with Crippen molar-refractivity contribution in [1.29, 1.82) is 0 Å². The van der Waals surface area contributed by atoms with Crippen molar-refractivity contribution in [2.45, 2.75) is 0 Å². The van der Waals surface area contributed by atoms with Crippen molar-refractivity contribution >= 4 is 12.6 Å². The molecule has 0 spiro atoms. The average molecular weight is 205 g/mol. The van der Waals surface area contributed by atoms with Gasteiger partial charge in [0.25, 0.3) is 0 Å². The predicted molar refractivity (Wildman–Crippen MR) is 55.6 cm³/mol. The van der Waals surface area contributed by atoms with E-state index in [-0.39, 0.29) is 5.46 Å². The van der Waals surface area contributed by atoms with Crippen molar-refractivity contribution in [2.75, 3.05) is 0 Å². The lowest BCUT2D eigenvalue weighted by atomic mass is 9.80. The predicted octanol–water partition coefficient (Wildman–Crippen LogP) is 0.296. The van der Waals surface area contributed by atoms with Crippen LogP contribution in [0.2, 0.25) is 0 Å². The van der Waals surface area contributed by atoms with E-state index in [4.69, 9.17) is 10.0 Å². The molecule has 0 atom stereocenters. The molecule has 1 heterocycles. The normalized spacial score (nSPS) is 10.3. The Morgan fingerprint density at radius 3 is 2.33 bits per heavy atom. The second kappa shape index (κ2) is 3.88. The summed E-state index contributed by atoms with van der Waals surface area (Å²) in [6, 6.07) is 7.55. The van der Waals surface area contributed by atoms with Crippen LogP contribution in [0.3, 0.4) is 0 Å². The highest BCUT2D eigenvalue weighted by molar-refractivity contribution is 6.58. The largest absolute Gasteiger partial charge is 0.488 e. The van der Waals surface area contributed by atoms with E-state index in [9.17, 15) is 4.39 Å². The van der Waals surface area contributed by atoms with Crippen LogP contribution in [-0.2, 0) is 0 Å². The summed E-state index contributed by atoms with van der Waals surface area (Å²) in [4.78, 5) is 0. The lowest BCUT2D eigenvalue weighted by Gasteiger charge is -2.06. The Bertz CT molecular complexity index is 456. The van der Waals surface area contributed by atoms with Crippen molar-refractivity contribution < 1.29 is 14.4 Å². The lowest BCUT2D eigenvalue weighted by molar-refractivity contribution is 0.425. The topological polar surface area (TPSA) is 45.4 Å². The maximum absolute atomic E-state index is 13.1. The number of hydrogen-bond donors (Lipinski definition) is 2. The van der Waals surface area contributed by atoms with Crippen LogP contribution in [0.15, 0.2) is 42.7 Å². The van der Waals surface area contributed by atoms with Gasteiger partial charge < -0.3 is 14.6 Å². The molecule has 0 radical (unpaired) electrons. The van der Waals surface area contributed by atoms with Crippen LogP contribution in [0.5, 0.6) is 0 Å². The van der Waals surface area contributed by atoms with E-state index >= 15 is 0 Å². The molecule has 1 aromatic carbocycles. The third-order valence-electron chi connectivity index (χ3n) is 2.11. The third-order valence-corrected chi connectivity index (χ3v) is 2.11. The molecule has 3 nitrogen and oxygen atoms in total. The molecular weight excluding hydrogens is 196 g/mol. The van der Waals surface area contributed by atoms with E-state index in [0.29, 0.717) is 5.69 Å². The highest BCUT2D eigenvalue weighted by atomic mass is 19.1. The highest BCUT2D eigenvalue weighted by Crippen LogP contribution is 2.08. The van der Waals surface area contributed by atoms with Gasteiger partial charge in [-0.2, -0.15) is 0 Å². The van der Waals surface area contributed by atoms with E-state index in [2.05, 4.69) is 0 Å². The number of halogens is 1. The molecule has 2 aromatic rings. The first-order valence-corrected chi connectivity index (χ1v) is 4.47. The molecular formula is C10H9BFNO2. The third kappa shape index (κ3) is 2.08. The second-order valence-electron chi connectivity index (χ2n) is 3.21. The van der Waals surface area contributed by atoms with Gasteiger partial charge in [-0.05, 0) is 35.8 Å². The van der Waals surface area contributed by atoms with Gasteiger partial charge in [0.2, 0.25) is 0 Å². The minimum absolute atomic E-state index is 0.138. The molecule has 76 valence electrons. The van der Waals surface area contributed by atoms with Crippen LogP contribution < -0.4 is 5.46 Å². The summed E-state index contributed by atoms with van der Waals surface area (Å²) in [5.74, 6) is -0.496. The molecule has 0 amide bonds. The van der Waals surface area contributed by atoms with Gasteiger partial charge in [-0.1, -0.05) is 0 Å². The van der Waals surface area contributed by atoms with Gasteiger partial charge in [-0.15, -0.1) is 0 Å². The minimum atomic E-state index is -1.66. The molecule has 0 bridgehead atoms. The molecule has 0 aliphatic carbocycles. The summed E-state index contributed by atoms with van der Waals surface area (Å²) in [6.45, 7) is 0. The Morgan fingerprint density at radius 1 is 1.07 bits per heavy atom. The molecule has 1 aromatic heterocycles. The first kappa shape index (κ1) is 9.95. The van der Waals surface area contributed by atoms with Crippen LogP contribution in [0, 0.1) is 5.82 Å². The van der Waals surface area contributed by atoms with Crippen LogP contribution in [0.1, 0.15) is 0 Å². The fourth-order valence-electron chi connectivity index (χ4n) is 1.40. The zero-order chi connectivity index (χ0) is 10.8. The van der Waals surface area contributed by atoms with E-state index in [1.807, 2.05) is 0 Å². The summed E-state index contributed by atoms with van der Waals surface area (Å²) < 4.78 is 14.8. The van der Waals surface area contributed by atoms with Gasteiger partial charge in [0, 0.05) is 18.1 Å². The number of hydrogen-bond acceptors (Lipinski definition) is 2. The molecule has 0 fully saturated rings. The SMILES string of the molecule is OB(O)c1cc(F)cc(-n2cccc2)c1. The maximum atomic E-state index is 13.1. The van der Waals surface area contributed by atoms with Gasteiger partial charge in [-0.25, -0.2) is 4.39 Å². The first-order chi connectivity index (χ1) is 7.16. The molecule has 0 aliphatic rings. The Morgan fingerprint density at radius 2 is 1.73 bits per heavy atom. The van der Waals surface area contributed by atoms with Gasteiger partial charge >= 0.3 is 7.12 Å². The Balaban J connectivity index is 2.49. The summed E-state index contributed by atoms with van der Waals surface area (Å²) in [7, 11) is -1.66. The van der Waals surface area contributed by atoms with Crippen molar-refractivity contribution in [2.24, 2.45) is 0 Å². The van der Waals surface area contributed by atoms with Crippen LogP contribution in [-0.4, -0.2) is 21.7 Å². The standard InChI is InChI=1S/C10H9BFNO2/c12-9-5-8(11(14)15)6-10(7-9)13-3-1-2-4-13/h1-7,14-15H. The van der Waals surface area contributed by atoms with Crippen LogP contribution >= 0.6 is 0 Å². The minimum Gasteiger partial charge on any atom is -0.423 e. The molecule has 2 N–H and O–H groups in total. The zero-order valence-corrected chi connectivity index (χ0v) is 7.84. The average Bonchev–Trinajstić information content (AvgIpc) is 2.69.